The molecule has 0 saturated carbocycles. The molecule has 0 atom stereocenters. The molecule has 7 nitrogen and oxygen atoms in total. The fourth-order valence-corrected chi connectivity index (χ4v) is 3.30. The van der Waals surface area contributed by atoms with E-state index in [1.54, 1.807) is 56.3 Å². The van der Waals surface area contributed by atoms with E-state index in [1.165, 1.54) is 11.4 Å². The van der Waals surface area contributed by atoms with E-state index in [2.05, 4.69) is 5.32 Å². The van der Waals surface area contributed by atoms with Gasteiger partial charge in [0.05, 0.1) is 23.6 Å². The number of hydrogen-bond acceptors (Lipinski definition) is 5. The minimum absolute atomic E-state index is 0.0121. The Labute approximate surface area is 165 Å². The summed E-state index contributed by atoms with van der Waals surface area (Å²) in [5.74, 6) is -0.832. The van der Waals surface area contributed by atoms with Crippen LogP contribution in [0.4, 0.5) is 11.4 Å². The van der Waals surface area contributed by atoms with Crippen LogP contribution in [0.1, 0.15) is 40.1 Å². The number of esters is 1. The van der Waals surface area contributed by atoms with Crippen LogP contribution in [0.15, 0.2) is 42.5 Å². The number of ether oxygens (including phenoxy) is 1. The van der Waals surface area contributed by atoms with E-state index < -0.39 is 16.0 Å². The summed E-state index contributed by atoms with van der Waals surface area (Å²) in [5.41, 5.74) is 2.49. The normalized spacial score (nSPS) is 11.0. The lowest BCUT2D eigenvalue weighted by Gasteiger charge is -2.18. The first-order valence-electron chi connectivity index (χ1n) is 8.85. The number of sulfonamides is 1. The fraction of sp³-hybridized carbons (Fsp3) is 0.300. The molecular formula is C20H24N2O5S. The van der Waals surface area contributed by atoms with Crippen molar-refractivity contribution in [3.63, 3.8) is 0 Å². The van der Waals surface area contributed by atoms with Gasteiger partial charge in [-0.25, -0.2) is 13.2 Å². The summed E-state index contributed by atoms with van der Waals surface area (Å²) in [7, 11) is -1.90. The zero-order valence-corrected chi connectivity index (χ0v) is 17.2. The molecule has 2 aromatic carbocycles. The maximum Gasteiger partial charge on any atom is 0.338 e. The lowest BCUT2D eigenvalue weighted by Crippen LogP contribution is -2.28. The largest absolute Gasteiger partial charge is 0.462 e. The van der Waals surface area contributed by atoms with Crippen LogP contribution in [0, 0.1) is 6.92 Å². The van der Waals surface area contributed by atoms with Crippen LogP contribution in [-0.2, 0) is 14.8 Å². The molecule has 8 heteroatoms. The third kappa shape index (κ3) is 4.89. The van der Waals surface area contributed by atoms with Crippen LogP contribution < -0.4 is 9.62 Å². The van der Waals surface area contributed by atoms with Gasteiger partial charge in [-0.1, -0.05) is 6.07 Å². The number of rotatable bonds is 7. The van der Waals surface area contributed by atoms with Crippen molar-refractivity contribution in [2.75, 3.05) is 29.0 Å². The Hall–Kier alpha value is -2.87. The number of aryl methyl sites for hydroxylation is 1. The first-order chi connectivity index (χ1) is 13.2. The number of carbonyl (C=O) groups is 2. The molecule has 28 heavy (non-hydrogen) atoms. The van der Waals surface area contributed by atoms with Crippen molar-refractivity contribution in [1.29, 1.82) is 0 Å². The third-order valence-corrected chi connectivity index (χ3v) is 6.05. The van der Waals surface area contributed by atoms with E-state index in [4.69, 9.17) is 4.74 Å². The van der Waals surface area contributed by atoms with Crippen LogP contribution in [-0.4, -0.2) is 39.7 Å². The van der Waals surface area contributed by atoms with Crippen molar-refractivity contribution >= 4 is 33.3 Å². The molecule has 1 amide bonds. The fourth-order valence-electron chi connectivity index (χ4n) is 2.47. The van der Waals surface area contributed by atoms with Crippen molar-refractivity contribution in [2.24, 2.45) is 0 Å². The number of amides is 1. The van der Waals surface area contributed by atoms with Crippen molar-refractivity contribution < 1.29 is 22.7 Å². The van der Waals surface area contributed by atoms with Crippen molar-refractivity contribution in [1.82, 2.24) is 0 Å². The van der Waals surface area contributed by atoms with E-state index in [0.717, 1.165) is 5.56 Å². The van der Waals surface area contributed by atoms with Crippen LogP contribution in [0.3, 0.4) is 0 Å². The molecule has 0 aliphatic heterocycles. The SMILES string of the molecule is CCOC(=O)c1ccc(C)c(NC(=O)c2ccc(N(C)S(=O)(=O)CC)cc2)c1. The zero-order chi connectivity index (χ0) is 20.9. The minimum Gasteiger partial charge on any atom is -0.462 e. The number of carbonyl (C=O) groups excluding carboxylic acids is 2. The second-order valence-corrected chi connectivity index (χ2v) is 8.41. The molecule has 150 valence electrons. The van der Waals surface area contributed by atoms with Gasteiger partial charge in [-0.15, -0.1) is 0 Å². The van der Waals surface area contributed by atoms with Gasteiger partial charge in [0.1, 0.15) is 0 Å². The molecule has 0 aromatic heterocycles. The number of anilines is 2. The monoisotopic (exact) mass is 404 g/mol. The summed E-state index contributed by atoms with van der Waals surface area (Å²) in [4.78, 5) is 24.4. The summed E-state index contributed by atoms with van der Waals surface area (Å²) < 4.78 is 30.0. The molecule has 0 spiro atoms. The van der Waals surface area contributed by atoms with E-state index >= 15 is 0 Å². The second-order valence-electron chi connectivity index (χ2n) is 6.12. The van der Waals surface area contributed by atoms with E-state index in [1.807, 2.05) is 6.92 Å². The Bertz CT molecular complexity index is 969. The predicted octanol–water partition coefficient (Wildman–Crippen LogP) is 3.21. The third-order valence-electron chi connectivity index (χ3n) is 4.27. The number of benzene rings is 2. The van der Waals surface area contributed by atoms with E-state index in [-0.39, 0.29) is 18.3 Å². The molecule has 0 unspecified atom stereocenters. The number of nitrogens with zero attached hydrogens (tertiary/aromatic N) is 1. The van der Waals surface area contributed by atoms with Gasteiger partial charge in [-0.2, -0.15) is 0 Å². The highest BCUT2D eigenvalue weighted by molar-refractivity contribution is 7.92. The Morgan fingerprint density at radius 2 is 1.64 bits per heavy atom. The number of nitrogens with one attached hydrogen (secondary N) is 1. The lowest BCUT2D eigenvalue weighted by atomic mass is 10.1. The van der Waals surface area contributed by atoms with Crippen LogP contribution in [0.2, 0.25) is 0 Å². The van der Waals surface area contributed by atoms with E-state index in [0.29, 0.717) is 22.5 Å². The van der Waals surface area contributed by atoms with Gasteiger partial charge in [0.2, 0.25) is 10.0 Å². The van der Waals surface area contributed by atoms with Crippen LogP contribution in [0.25, 0.3) is 0 Å². The summed E-state index contributed by atoms with van der Waals surface area (Å²) >= 11 is 0. The molecule has 0 aliphatic carbocycles. The molecule has 0 aliphatic rings. The van der Waals surface area contributed by atoms with Gasteiger partial charge in [-0.05, 0) is 62.7 Å². The Morgan fingerprint density at radius 3 is 2.21 bits per heavy atom. The van der Waals surface area contributed by atoms with Gasteiger partial charge < -0.3 is 10.1 Å². The quantitative estimate of drug-likeness (QED) is 0.716. The molecule has 2 rings (SSSR count). The van der Waals surface area contributed by atoms with Crippen LogP contribution >= 0.6 is 0 Å². The average molecular weight is 404 g/mol. The second kappa shape index (κ2) is 8.88. The maximum absolute atomic E-state index is 12.5. The van der Waals surface area contributed by atoms with Gasteiger partial charge in [-0.3, -0.25) is 9.10 Å². The Kier molecular flexibility index (Phi) is 6.80. The first-order valence-corrected chi connectivity index (χ1v) is 10.5. The molecule has 0 fully saturated rings. The minimum atomic E-state index is -3.37. The van der Waals surface area contributed by atoms with Crippen molar-refractivity contribution in [2.45, 2.75) is 20.8 Å². The van der Waals surface area contributed by atoms with Gasteiger partial charge >= 0.3 is 5.97 Å². The Morgan fingerprint density at radius 1 is 1.04 bits per heavy atom. The Balaban J connectivity index is 2.19. The van der Waals surface area contributed by atoms with Crippen LogP contribution in [0.5, 0.6) is 0 Å². The smallest absolute Gasteiger partial charge is 0.338 e. The summed E-state index contributed by atoms with van der Waals surface area (Å²) in [5, 5.41) is 2.78. The topological polar surface area (TPSA) is 92.8 Å². The number of hydrogen-bond donors (Lipinski definition) is 1. The predicted molar refractivity (Wildman–Crippen MR) is 109 cm³/mol. The zero-order valence-electron chi connectivity index (χ0n) is 16.4. The van der Waals surface area contributed by atoms with Crippen molar-refractivity contribution in [3.05, 3.63) is 59.2 Å². The average Bonchev–Trinajstić information content (AvgIpc) is 2.69. The molecule has 0 heterocycles. The summed E-state index contributed by atoms with van der Waals surface area (Å²) in [6, 6.07) is 11.2. The molecule has 0 saturated heterocycles. The molecule has 0 radical (unpaired) electrons. The maximum atomic E-state index is 12.5. The van der Waals surface area contributed by atoms with E-state index in [9.17, 15) is 18.0 Å². The molecule has 0 bridgehead atoms. The highest BCUT2D eigenvalue weighted by Crippen LogP contribution is 2.21. The lowest BCUT2D eigenvalue weighted by molar-refractivity contribution is 0.0526. The summed E-state index contributed by atoms with van der Waals surface area (Å²) in [6.07, 6.45) is 0. The highest BCUT2D eigenvalue weighted by Gasteiger charge is 2.17. The first kappa shape index (κ1) is 21.4. The van der Waals surface area contributed by atoms with Gasteiger partial charge in [0.25, 0.3) is 5.91 Å². The van der Waals surface area contributed by atoms with Gasteiger partial charge in [0.15, 0.2) is 0 Å². The standard InChI is InChI=1S/C20H24N2O5S/c1-5-27-20(24)16-8-7-14(3)18(13-16)21-19(23)15-9-11-17(12-10-15)22(4)28(25,26)6-2/h7-13H,5-6H2,1-4H3,(H,21,23). The highest BCUT2D eigenvalue weighted by atomic mass is 32.2. The molecule has 1 N–H and O–H groups in total. The summed E-state index contributed by atoms with van der Waals surface area (Å²) in [6.45, 7) is 5.38. The molecular weight excluding hydrogens is 380 g/mol. The van der Waals surface area contributed by atoms with Crippen molar-refractivity contribution in [3.8, 4) is 0 Å². The van der Waals surface area contributed by atoms with Gasteiger partial charge in [0, 0.05) is 18.3 Å². The molecule has 2 aromatic rings.